The molecule has 0 amide bonds. The number of ether oxygens (including phenoxy) is 1. The summed E-state index contributed by atoms with van der Waals surface area (Å²) in [6, 6.07) is 8.96. The third-order valence-corrected chi connectivity index (χ3v) is 6.49. The highest BCUT2D eigenvalue weighted by Crippen LogP contribution is 2.59. The fourth-order valence-corrected chi connectivity index (χ4v) is 5.63. The molecule has 21 heavy (non-hydrogen) atoms. The van der Waals surface area contributed by atoms with Crippen molar-refractivity contribution in [3.8, 4) is 0 Å². The van der Waals surface area contributed by atoms with Crippen molar-refractivity contribution in [3.05, 3.63) is 35.4 Å². The lowest BCUT2D eigenvalue weighted by atomic mass is 9.55. The van der Waals surface area contributed by atoms with Crippen LogP contribution in [0.15, 0.2) is 24.3 Å². The predicted octanol–water partition coefficient (Wildman–Crippen LogP) is 3.74. The van der Waals surface area contributed by atoms with E-state index in [1.165, 1.54) is 12.8 Å². The third-order valence-electron chi connectivity index (χ3n) is 6.49. The van der Waals surface area contributed by atoms with Crippen LogP contribution in [0, 0.1) is 17.3 Å². The molecule has 1 aromatic carbocycles. The maximum absolute atomic E-state index is 12.6. The number of carbonyl (C=O) groups excluding carboxylic acids is 1. The maximum atomic E-state index is 12.6. The van der Waals surface area contributed by atoms with E-state index in [1.54, 1.807) is 18.2 Å². The van der Waals surface area contributed by atoms with Crippen LogP contribution in [0.1, 0.15) is 49.1 Å². The summed E-state index contributed by atoms with van der Waals surface area (Å²) in [5.41, 5.74) is 2.96. The zero-order chi connectivity index (χ0) is 14.4. The lowest BCUT2D eigenvalue weighted by molar-refractivity contribution is -0.135. The molecule has 0 bridgehead atoms. The van der Waals surface area contributed by atoms with Gasteiger partial charge in [-0.2, -0.15) is 0 Å². The van der Waals surface area contributed by atoms with Crippen LogP contribution < -0.4 is 0 Å². The first-order valence-electron chi connectivity index (χ1n) is 8.36. The molecule has 4 rings (SSSR count). The van der Waals surface area contributed by atoms with Crippen molar-refractivity contribution in [1.82, 2.24) is 0 Å². The summed E-state index contributed by atoms with van der Waals surface area (Å²) in [5, 5.41) is 0. The van der Waals surface area contributed by atoms with Crippen LogP contribution >= 0.6 is 0 Å². The minimum absolute atomic E-state index is 0.151. The van der Waals surface area contributed by atoms with Crippen LogP contribution in [0.4, 0.5) is 0 Å². The van der Waals surface area contributed by atoms with E-state index in [0.29, 0.717) is 30.1 Å². The summed E-state index contributed by atoms with van der Waals surface area (Å²) in [6.45, 7) is 0.640. The molecule has 2 nitrogen and oxygen atoms in total. The van der Waals surface area contributed by atoms with Gasteiger partial charge in [0.15, 0.2) is 0 Å². The van der Waals surface area contributed by atoms with Gasteiger partial charge in [-0.05, 0) is 61.0 Å². The first-order valence-corrected chi connectivity index (χ1v) is 8.36. The Morgan fingerprint density at radius 3 is 2.90 bits per heavy atom. The summed E-state index contributed by atoms with van der Waals surface area (Å²) in [4.78, 5) is 12.6. The lowest BCUT2D eigenvalue weighted by Crippen LogP contribution is -2.46. The van der Waals surface area contributed by atoms with E-state index in [9.17, 15) is 4.79 Å². The first-order chi connectivity index (χ1) is 10.3. The van der Waals surface area contributed by atoms with Gasteiger partial charge in [0.2, 0.25) is 0 Å². The first kappa shape index (κ1) is 13.5. The van der Waals surface area contributed by atoms with Gasteiger partial charge < -0.3 is 4.74 Å². The topological polar surface area (TPSA) is 26.3 Å². The number of hydrogen-bond acceptors (Lipinski definition) is 2. The molecule has 3 aliphatic carbocycles. The molecule has 0 saturated heterocycles. The van der Waals surface area contributed by atoms with Gasteiger partial charge in [0.1, 0.15) is 5.78 Å². The van der Waals surface area contributed by atoms with Crippen molar-refractivity contribution in [1.29, 1.82) is 0 Å². The van der Waals surface area contributed by atoms with Crippen molar-refractivity contribution in [2.24, 2.45) is 17.3 Å². The highest BCUT2D eigenvalue weighted by molar-refractivity contribution is 5.87. The second-order valence-corrected chi connectivity index (χ2v) is 7.20. The summed E-state index contributed by atoms with van der Waals surface area (Å²) in [7, 11) is 1.75. The third kappa shape index (κ3) is 1.85. The summed E-state index contributed by atoms with van der Waals surface area (Å²) in [5.74, 6) is 2.40. The van der Waals surface area contributed by atoms with E-state index >= 15 is 0 Å². The molecule has 3 aliphatic rings. The monoisotopic (exact) mass is 284 g/mol. The Hall–Kier alpha value is -1.15. The Morgan fingerprint density at radius 1 is 1.19 bits per heavy atom. The van der Waals surface area contributed by atoms with Crippen molar-refractivity contribution >= 4 is 5.78 Å². The smallest absolute Gasteiger partial charge is 0.141 e. The second-order valence-electron chi connectivity index (χ2n) is 7.20. The quantitative estimate of drug-likeness (QED) is 0.827. The molecule has 4 atom stereocenters. The minimum Gasteiger partial charge on any atom is -0.384 e. The van der Waals surface area contributed by atoms with Crippen LogP contribution in [0.3, 0.4) is 0 Å². The van der Waals surface area contributed by atoms with Gasteiger partial charge in [-0.25, -0.2) is 0 Å². The van der Waals surface area contributed by atoms with Crippen molar-refractivity contribution in [3.63, 3.8) is 0 Å². The van der Waals surface area contributed by atoms with Crippen molar-refractivity contribution in [2.45, 2.75) is 44.4 Å². The maximum Gasteiger partial charge on any atom is 0.141 e. The van der Waals surface area contributed by atoms with Crippen molar-refractivity contribution < 1.29 is 9.53 Å². The van der Waals surface area contributed by atoms with Crippen LogP contribution in [0.5, 0.6) is 0 Å². The molecule has 0 radical (unpaired) electrons. The molecule has 0 N–H and O–H groups in total. The van der Waals surface area contributed by atoms with E-state index in [-0.39, 0.29) is 5.41 Å². The number of benzene rings is 1. The predicted molar refractivity (Wildman–Crippen MR) is 82.3 cm³/mol. The molecule has 0 unspecified atom stereocenters. The fraction of sp³-hybridized carbons (Fsp3) is 0.632. The zero-order valence-electron chi connectivity index (χ0n) is 12.8. The van der Waals surface area contributed by atoms with Crippen LogP contribution in [-0.2, 0) is 16.0 Å². The summed E-state index contributed by atoms with van der Waals surface area (Å²) < 4.78 is 5.48. The average molecular weight is 284 g/mol. The number of methoxy groups -OCH3 is 1. The SMILES string of the molecule is COC[C@]12CC[C@@H]3c4ccccc4CC[C@H]3[C@@H]1CCC2=O. The molecular weight excluding hydrogens is 260 g/mol. The molecule has 0 heterocycles. The summed E-state index contributed by atoms with van der Waals surface area (Å²) in [6.07, 6.45) is 6.49. The zero-order valence-corrected chi connectivity index (χ0v) is 12.8. The van der Waals surface area contributed by atoms with Gasteiger partial charge in [0, 0.05) is 13.5 Å². The molecule has 2 saturated carbocycles. The molecule has 112 valence electrons. The van der Waals surface area contributed by atoms with Gasteiger partial charge in [-0.3, -0.25) is 4.79 Å². The van der Waals surface area contributed by atoms with E-state index < -0.39 is 0 Å². The summed E-state index contributed by atoms with van der Waals surface area (Å²) >= 11 is 0. The van der Waals surface area contributed by atoms with Crippen LogP contribution in [-0.4, -0.2) is 19.5 Å². The number of carbonyl (C=O) groups is 1. The van der Waals surface area contributed by atoms with E-state index in [1.807, 2.05) is 0 Å². The number of ketones is 1. The lowest BCUT2D eigenvalue weighted by Gasteiger charge is -2.49. The normalized spacial score (nSPS) is 37.8. The Labute approximate surface area is 126 Å². The van der Waals surface area contributed by atoms with Crippen LogP contribution in [0.2, 0.25) is 0 Å². The largest absolute Gasteiger partial charge is 0.384 e. The Balaban J connectivity index is 1.71. The molecule has 0 spiro atoms. The molecule has 2 heteroatoms. The van der Waals surface area contributed by atoms with Gasteiger partial charge >= 0.3 is 0 Å². The average Bonchev–Trinajstić information content (AvgIpc) is 2.85. The van der Waals surface area contributed by atoms with E-state index in [0.717, 1.165) is 25.7 Å². The Kier molecular flexibility index (Phi) is 3.18. The van der Waals surface area contributed by atoms with Gasteiger partial charge in [-0.1, -0.05) is 24.3 Å². The van der Waals surface area contributed by atoms with Gasteiger partial charge in [-0.15, -0.1) is 0 Å². The highest BCUT2D eigenvalue weighted by atomic mass is 16.5. The van der Waals surface area contributed by atoms with Crippen LogP contribution in [0.25, 0.3) is 0 Å². The number of Topliss-reactive ketones (excluding diaryl/α,β-unsaturated/α-hetero) is 1. The van der Waals surface area contributed by atoms with Crippen molar-refractivity contribution in [2.75, 3.05) is 13.7 Å². The van der Waals surface area contributed by atoms with Gasteiger partial charge in [0.25, 0.3) is 0 Å². The molecule has 1 aromatic rings. The highest BCUT2D eigenvalue weighted by Gasteiger charge is 2.57. The number of hydrogen-bond donors (Lipinski definition) is 0. The number of aryl methyl sites for hydroxylation is 1. The molecule has 2 fully saturated rings. The Bertz CT molecular complexity index is 564. The number of fused-ring (bicyclic) bond motifs is 5. The molecule has 0 aliphatic heterocycles. The Morgan fingerprint density at radius 2 is 2.05 bits per heavy atom. The van der Waals surface area contributed by atoms with E-state index in [2.05, 4.69) is 24.3 Å². The second kappa shape index (κ2) is 4.95. The molecular formula is C19H24O2. The number of rotatable bonds is 2. The molecule has 0 aromatic heterocycles. The van der Waals surface area contributed by atoms with E-state index in [4.69, 9.17) is 4.74 Å². The fourth-order valence-electron chi connectivity index (χ4n) is 5.63. The minimum atomic E-state index is -0.151. The standard InChI is InChI=1S/C19H24O2/c1-21-12-19-11-10-15-14-5-3-2-4-13(14)6-7-16(15)17(19)8-9-18(19)20/h2-5,15-17H,6-12H2,1H3/t15-,16-,17+,19-/m1/s1. The van der Waals surface area contributed by atoms with Gasteiger partial charge in [0.05, 0.1) is 12.0 Å².